The average Bonchev–Trinajstić information content (AvgIpc) is 2.59. The zero-order chi connectivity index (χ0) is 14.6. The first-order chi connectivity index (χ1) is 8.81. The smallest absolute Gasteiger partial charge is 0.0849 e. The Balaban J connectivity index is 2.61. The molecule has 3 nitrogen and oxygen atoms in total. The number of nitrogens with one attached hydrogen (secondary N) is 1. The highest BCUT2D eigenvalue weighted by Gasteiger charge is 2.22. The average molecular weight is 286 g/mol. The van der Waals surface area contributed by atoms with Crippen LogP contribution in [-0.2, 0) is 19.9 Å². The Morgan fingerprint density at radius 2 is 2.00 bits per heavy atom. The molecule has 4 heteroatoms. The van der Waals surface area contributed by atoms with Crippen molar-refractivity contribution in [2.75, 3.05) is 7.05 Å². The van der Waals surface area contributed by atoms with Gasteiger partial charge in [-0.05, 0) is 38.1 Å². The van der Waals surface area contributed by atoms with Crippen LogP contribution in [0, 0.1) is 5.41 Å². The van der Waals surface area contributed by atoms with Crippen molar-refractivity contribution in [2.45, 2.75) is 59.4 Å². The molecule has 1 unspecified atom stereocenters. The monoisotopic (exact) mass is 285 g/mol. The first-order valence-corrected chi connectivity index (χ1v) is 7.56. The normalized spacial score (nSPS) is 13.8. The lowest BCUT2D eigenvalue weighted by molar-refractivity contribution is 0.263. The summed E-state index contributed by atoms with van der Waals surface area (Å²) < 4.78 is 1.94. The van der Waals surface area contributed by atoms with Crippen molar-refractivity contribution < 1.29 is 0 Å². The van der Waals surface area contributed by atoms with E-state index in [1.165, 1.54) is 5.69 Å². The van der Waals surface area contributed by atoms with Gasteiger partial charge in [-0.25, -0.2) is 0 Å². The minimum atomic E-state index is 0.291. The SMILES string of the molecule is CCc1nn(C)c(CCCC(NC)C(C)(C)C)c1Cl. The van der Waals surface area contributed by atoms with Crippen molar-refractivity contribution in [3.8, 4) is 0 Å². The predicted octanol–water partition coefficient (Wildman–Crippen LogP) is 3.59. The van der Waals surface area contributed by atoms with Crippen molar-refractivity contribution in [3.05, 3.63) is 16.4 Å². The Bertz CT molecular complexity index is 404. The number of aryl methyl sites for hydroxylation is 2. The lowest BCUT2D eigenvalue weighted by atomic mass is 9.84. The quantitative estimate of drug-likeness (QED) is 0.866. The van der Waals surface area contributed by atoms with Gasteiger partial charge in [-0.1, -0.05) is 39.3 Å². The molecule has 0 saturated carbocycles. The molecule has 1 N–H and O–H groups in total. The molecule has 0 saturated heterocycles. The Morgan fingerprint density at radius 1 is 1.37 bits per heavy atom. The van der Waals surface area contributed by atoms with Crippen molar-refractivity contribution >= 4 is 11.6 Å². The van der Waals surface area contributed by atoms with Crippen molar-refractivity contribution in [3.63, 3.8) is 0 Å². The largest absolute Gasteiger partial charge is 0.316 e. The lowest BCUT2D eigenvalue weighted by Gasteiger charge is -2.30. The summed E-state index contributed by atoms with van der Waals surface area (Å²) in [6.07, 6.45) is 4.18. The van der Waals surface area contributed by atoms with Gasteiger partial charge in [-0.3, -0.25) is 4.68 Å². The molecule has 0 bridgehead atoms. The number of rotatable bonds is 6. The number of hydrogen-bond donors (Lipinski definition) is 1. The number of halogens is 1. The summed E-state index contributed by atoms with van der Waals surface area (Å²) in [5.41, 5.74) is 2.47. The second-order valence-electron chi connectivity index (χ2n) is 6.28. The van der Waals surface area contributed by atoms with Gasteiger partial charge in [0.15, 0.2) is 0 Å². The Labute approximate surface area is 122 Å². The fourth-order valence-corrected chi connectivity index (χ4v) is 2.96. The van der Waals surface area contributed by atoms with E-state index in [1.807, 2.05) is 18.8 Å². The van der Waals surface area contributed by atoms with Gasteiger partial charge in [0.05, 0.1) is 16.4 Å². The van der Waals surface area contributed by atoms with Crippen LogP contribution in [0.5, 0.6) is 0 Å². The van der Waals surface area contributed by atoms with Crippen LogP contribution in [-0.4, -0.2) is 22.9 Å². The maximum absolute atomic E-state index is 6.37. The van der Waals surface area contributed by atoms with Crippen molar-refractivity contribution in [1.29, 1.82) is 0 Å². The third kappa shape index (κ3) is 4.22. The van der Waals surface area contributed by atoms with E-state index >= 15 is 0 Å². The van der Waals surface area contributed by atoms with Gasteiger partial charge in [-0.2, -0.15) is 5.10 Å². The molecule has 1 aromatic heterocycles. The second-order valence-corrected chi connectivity index (χ2v) is 6.66. The maximum atomic E-state index is 6.37. The van der Waals surface area contributed by atoms with E-state index < -0.39 is 0 Å². The summed E-state index contributed by atoms with van der Waals surface area (Å²) in [5.74, 6) is 0. The van der Waals surface area contributed by atoms with E-state index in [-0.39, 0.29) is 0 Å². The van der Waals surface area contributed by atoms with Crippen molar-refractivity contribution in [1.82, 2.24) is 15.1 Å². The summed E-state index contributed by atoms with van der Waals surface area (Å²) in [7, 11) is 4.03. The van der Waals surface area contributed by atoms with Crippen LogP contribution in [0.15, 0.2) is 0 Å². The van der Waals surface area contributed by atoms with Gasteiger partial charge in [0, 0.05) is 13.1 Å². The molecule has 0 spiro atoms. The highest BCUT2D eigenvalue weighted by atomic mass is 35.5. The molecule has 19 heavy (non-hydrogen) atoms. The molecule has 0 radical (unpaired) electrons. The number of aromatic nitrogens is 2. The zero-order valence-corrected chi connectivity index (χ0v) is 13.9. The maximum Gasteiger partial charge on any atom is 0.0849 e. The third-order valence-electron chi connectivity index (χ3n) is 3.80. The Hall–Kier alpha value is -0.540. The van der Waals surface area contributed by atoms with Crippen LogP contribution in [0.3, 0.4) is 0 Å². The van der Waals surface area contributed by atoms with E-state index in [1.54, 1.807) is 0 Å². The van der Waals surface area contributed by atoms with Gasteiger partial charge in [0.25, 0.3) is 0 Å². The summed E-state index contributed by atoms with van der Waals surface area (Å²) in [5, 5.41) is 8.75. The van der Waals surface area contributed by atoms with Gasteiger partial charge in [0.2, 0.25) is 0 Å². The highest BCUT2D eigenvalue weighted by Crippen LogP contribution is 2.26. The minimum Gasteiger partial charge on any atom is -0.316 e. The van der Waals surface area contributed by atoms with Gasteiger partial charge in [0.1, 0.15) is 0 Å². The molecular formula is C15H28ClN3. The van der Waals surface area contributed by atoms with Crippen LogP contribution in [0.1, 0.15) is 51.9 Å². The molecule has 1 aromatic rings. The van der Waals surface area contributed by atoms with Crippen LogP contribution < -0.4 is 5.32 Å². The fraction of sp³-hybridized carbons (Fsp3) is 0.800. The molecule has 1 atom stereocenters. The zero-order valence-electron chi connectivity index (χ0n) is 13.2. The fourth-order valence-electron chi connectivity index (χ4n) is 2.58. The van der Waals surface area contributed by atoms with Crippen LogP contribution in [0.2, 0.25) is 5.02 Å². The Kier molecular flexibility index (Phi) is 5.87. The molecule has 0 aliphatic heterocycles. The molecule has 0 aliphatic rings. The lowest BCUT2D eigenvalue weighted by Crippen LogP contribution is -2.37. The van der Waals surface area contributed by atoms with E-state index in [9.17, 15) is 0 Å². The van der Waals surface area contributed by atoms with E-state index in [4.69, 9.17) is 11.6 Å². The molecule has 0 fully saturated rings. The molecule has 1 heterocycles. The summed E-state index contributed by atoms with van der Waals surface area (Å²) in [6.45, 7) is 8.93. The summed E-state index contributed by atoms with van der Waals surface area (Å²) >= 11 is 6.37. The van der Waals surface area contributed by atoms with Gasteiger partial charge >= 0.3 is 0 Å². The number of hydrogen-bond acceptors (Lipinski definition) is 2. The second kappa shape index (κ2) is 6.76. The van der Waals surface area contributed by atoms with E-state index in [0.717, 1.165) is 36.4 Å². The van der Waals surface area contributed by atoms with Crippen LogP contribution >= 0.6 is 11.6 Å². The van der Waals surface area contributed by atoms with Gasteiger partial charge < -0.3 is 5.32 Å². The standard InChI is InChI=1S/C15H28ClN3/c1-7-11-14(16)12(19(6)18-11)9-8-10-13(17-5)15(2,3)4/h13,17H,7-10H2,1-6H3. The molecule has 110 valence electrons. The van der Waals surface area contributed by atoms with Gasteiger partial charge in [-0.15, -0.1) is 0 Å². The topological polar surface area (TPSA) is 29.9 Å². The summed E-state index contributed by atoms with van der Waals surface area (Å²) in [6, 6.07) is 0.533. The minimum absolute atomic E-state index is 0.291. The van der Waals surface area contributed by atoms with E-state index in [0.29, 0.717) is 11.5 Å². The number of nitrogens with zero attached hydrogens (tertiary/aromatic N) is 2. The summed E-state index contributed by atoms with van der Waals surface area (Å²) in [4.78, 5) is 0. The third-order valence-corrected chi connectivity index (χ3v) is 4.24. The van der Waals surface area contributed by atoms with Crippen LogP contribution in [0.25, 0.3) is 0 Å². The molecule has 0 aliphatic carbocycles. The molecule has 0 aromatic carbocycles. The predicted molar refractivity (Wildman–Crippen MR) is 82.8 cm³/mol. The first-order valence-electron chi connectivity index (χ1n) is 7.18. The first kappa shape index (κ1) is 16.5. The van der Waals surface area contributed by atoms with Crippen LogP contribution in [0.4, 0.5) is 0 Å². The van der Waals surface area contributed by atoms with E-state index in [2.05, 4.69) is 38.1 Å². The highest BCUT2D eigenvalue weighted by molar-refractivity contribution is 6.31. The molecular weight excluding hydrogens is 258 g/mol. The molecule has 1 rings (SSSR count). The van der Waals surface area contributed by atoms with Crippen molar-refractivity contribution in [2.24, 2.45) is 12.5 Å². The molecule has 0 amide bonds. The Morgan fingerprint density at radius 3 is 2.42 bits per heavy atom.